The van der Waals surface area contributed by atoms with Crippen LogP contribution < -0.4 is 5.32 Å². The first-order valence-electron chi connectivity index (χ1n) is 6.41. The van der Waals surface area contributed by atoms with Crippen molar-refractivity contribution in [1.82, 2.24) is 5.32 Å². The fourth-order valence-corrected chi connectivity index (χ4v) is 4.30. The second-order valence-corrected chi connectivity index (χ2v) is 7.26. The Morgan fingerprint density at radius 1 is 1.25 bits per heavy atom. The van der Waals surface area contributed by atoms with Gasteiger partial charge in [0.15, 0.2) is 9.84 Å². The molecular weight excluding hydrogens is 222 g/mol. The second kappa shape index (κ2) is 6.01. The zero-order chi connectivity index (χ0) is 12.2. The Hall–Kier alpha value is -0.0900. The zero-order valence-electron chi connectivity index (χ0n) is 10.7. The number of nitrogens with one attached hydrogen (secondary N) is 1. The van der Waals surface area contributed by atoms with Crippen molar-refractivity contribution in [3.05, 3.63) is 0 Å². The van der Waals surface area contributed by atoms with E-state index in [1.54, 1.807) is 0 Å². The molecule has 1 fully saturated rings. The summed E-state index contributed by atoms with van der Waals surface area (Å²) < 4.78 is 23.6. The van der Waals surface area contributed by atoms with Gasteiger partial charge >= 0.3 is 0 Å². The molecule has 0 amide bonds. The summed E-state index contributed by atoms with van der Waals surface area (Å²) in [6.07, 6.45) is 6.76. The fourth-order valence-electron chi connectivity index (χ4n) is 2.85. The molecule has 1 saturated carbocycles. The maximum Gasteiger partial charge on any atom is 0.151 e. The number of hydrogen-bond donors (Lipinski definition) is 1. The molecule has 1 aliphatic carbocycles. The summed E-state index contributed by atoms with van der Waals surface area (Å²) >= 11 is 0. The molecule has 0 aromatic heterocycles. The molecule has 3 unspecified atom stereocenters. The molecule has 1 aliphatic rings. The molecule has 3 nitrogen and oxygen atoms in total. The van der Waals surface area contributed by atoms with Crippen LogP contribution in [0.1, 0.15) is 46.0 Å². The van der Waals surface area contributed by atoms with E-state index in [9.17, 15) is 8.42 Å². The van der Waals surface area contributed by atoms with Gasteiger partial charge in [-0.1, -0.05) is 26.7 Å². The maximum atomic E-state index is 11.8. The number of sulfone groups is 1. The van der Waals surface area contributed by atoms with Gasteiger partial charge in [0, 0.05) is 12.3 Å². The summed E-state index contributed by atoms with van der Waals surface area (Å²) in [6.45, 7) is 5.07. The van der Waals surface area contributed by atoms with Crippen molar-refractivity contribution in [2.75, 3.05) is 12.8 Å². The van der Waals surface area contributed by atoms with Crippen LogP contribution in [0.25, 0.3) is 0 Å². The molecule has 16 heavy (non-hydrogen) atoms. The van der Waals surface area contributed by atoms with E-state index < -0.39 is 9.84 Å². The summed E-state index contributed by atoms with van der Waals surface area (Å²) in [4.78, 5) is 0. The highest BCUT2D eigenvalue weighted by Crippen LogP contribution is 2.31. The van der Waals surface area contributed by atoms with Crippen molar-refractivity contribution in [1.29, 1.82) is 0 Å². The highest BCUT2D eigenvalue weighted by molar-refractivity contribution is 7.91. The third-order valence-corrected chi connectivity index (χ3v) is 5.23. The molecule has 0 spiro atoms. The SMILES string of the molecule is CCCC1CCC(NCC)C(S(C)(=O)=O)C1. The largest absolute Gasteiger partial charge is 0.313 e. The molecule has 4 heteroatoms. The predicted octanol–water partition coefficient (Wildman–Crippen LogP) is 1.98. The predicted molar refractivity (Wildman–Crippen MR) is 68.3 cm³/mol. The Morgan fingerprint density at radius 3 is 2.44 bits per heavy atom. The van der Waals surface area contributed by atoms with Gasteiger partial charge in [0.2, 0.25) is 0 Å². The first-order valence-corrected chi connectivity index (χ1v) is 8.36. The van der Waals surface area contributed by atoms with Gasteiger partial charge in [0.05, 0.1) is 5.25 Å². The molecule has 0 heterocycles. The Balaban J connectivity index is 2.70. The van der Waals surface area contributed by atoms with E-state index in [-0.39, 0.29) is 11.3 Å². The Bertz CT molecular complexity index is 300. The maximum absolute atomic E-state index is 11.8. The van der Waals surface area contributed by atoms with E-state index in [4.69, 9.17) is 0 Å². The van der Waals surface area contributed by atoms with Gasteiger partial charge in [-0.05, 0) is 31.7 Å². The molecule has 0 radical (unpaired) electrons. The lowest BCUT2D eigenvalue weighted by atomic mass is 9.83. The Kier molecular flexibility index (Phi) is 5.25. The van der Waals surface area contributed by atoms with Crippen molar-refractivity contribution >= 4 is 9.84 Å². The standard InChI is InChI=1S/C12H25NO2S/c1-4-6-10-7-8-11(13-5-2)12(9-10)16(3,14)15/h10-13H,4-9H2,1-3H3. The highest BCUT2D eigenvalue weighted by Gasteiger charge is 2.35. The van der Waals surface area contributed by atoms with Crippen LogP contribution in [-0.2, 0) is 9.84 Å². The Morgan fingerprint density at radius 2 is 1.94 bits per heavy atom. The van der Waals surface area contributed by atoms with Crippen molar-refractivity contribution < 1.29 is 8.42 Å². The minimum Gasteiger partial charge on any atom is -0.313 e. The van der Waals surface area contributed by atoms with E-state index in [0.29, 0.717) is 5.92 Å². The highest BCUT2D eigenvalue weighted by atomic mass is 32.2. The van der Waals surface area contributed by atoms with Crippen molar-refractivity contribution in [2.45, 2.75) is 57.2 Å². The molecule has 0 bridgehead atoms. The van der Waals surface area contributed by atoms with Gasteiger partial charge in [0.25, 0.3) is 0 Å². The lowest BCUT2D eigenvalue weighted by Crippen LogP contribution is -2.47. The molecular formula is C12H25NO2S. The lowest BCUT2D eigenvalue weighted by molar-refractivity contribution is 0.283. The van der Waals surface area contributed by atoms with Gasteiger partial charge in [0.1, 0.15) is 0 Å². The summed E-state index contributed by atoms with van der Waals surface area (Å²) in [6, 6.07) is 0.174. The van der Waals surface area contributed by atoms with Gasteiger partial charge < -0.3 is 5.32 Å². The van der Waals surface area contributed by atoms with E-state index >= 15 is 0 Å². The summed E-state index contributed by atoms with van der Waals surface area (Å²) in [7, 11) is -2.91. The normalized spacial score (nSPS) is 31.6. The molecule has 1 rings (SSSR count). The van der Waals surface area contributed by atoms with Crippen LogP contribution in [0.2, 0.25) is 0 Å². The van der Waals surface area contributed by atoms with E-state index in [1.807, 2.05) is 6.92 Å². The fraction of sp³-hybridized carbons (Fsp3) is 1.00. The van der Waals surface area contributed by atoms with Crippen molar-refractivity contribution in [2.24, 2.45) is 5.92 Å². The first-order chi connectivity index (χ1) is 7.49. The molecule has 0 saturated heterocycles. The average molecular weight is 247 g/mol. The third-order valence-electron chi connectivity index (χ3n) is 3.61. The van der Waals surface area contributed by atoms with Gasteiger partial charge in [-0.3, -0.25) is 0 Å². The van der Waals surface area contributed by atoms with Crippen LogP contribution in [0, 0.1) is 5.92 Å². The second-order valence-electron chi connectivity index (χ2n) is 5.00. The molecule has 0 aliphatic heterocycles. The summed E-state index contributed by atoms with van der Waals surface area (Å²) in [5.74, 6) is 0.611. The minimum atomic E-state index is -2.91. The number of hydrogen-bond acceptors (Lipinski definition) is 3. The molecule has 0 aromatic carbocycles. The van der Waals surface area contributed by atoms with Crippen molar-refractivity contribution in [3.8, 4) is 0 Å². The minimum absolute atomic E-state index is 0.169. The van der Waals surface area contributed by atoms with E-state index in [0.717, 1.165) is 25.8 Å². The first kappa shape index (κ1) is 14.0. The molecule has 3 atom stereocenters. The topological polar surface area (TPSA) is 46.2 Å². The number of rotatable bonds is 5. The van der Waals surface area contributed by atoms with Crippen molar-refractivity contribution in [3.63, 3.8) is 0 Å². The quantitative estimate of drug-likeness (QED) is 0.808. The molecule has 96 valence electrons. The van der Waals surface area contributed by atoms with Crippen LogP contribution >= 0.6 is 0 Å². The molecule has 1 N–H and O–H groups in total. The van der Waals surface area contributed by atoms with E-state index in [2.05, 4.69) is 12.2 Å². The van der Waals surface area contributed by atoms with Gasteiger partial charge in [-0.15, -0.1) is 0 Å². The van der Waals surface area contributed by atoms with Crippen LogP contribution in [-0.4, -0.2) is 32.5 Å². The van der Waals surface area contributed by atoms with Gasteiger partial charge in [-0.2, -0.15) is 0 Å². The van der Waals surface area contributed by atoms with Gasteiger partial charge in [-0.25, -0.2) is 8.42 Å². The zero-order valence-corrected chi connectivity index (χ0v) is 11.5. The smallest absolute Gasteiger partial charge is 0.151 e. The third kappa shape index (κ3) is 3.74. The Labute approximate surface area is 99.9 Å². The monoisotopic (exact) mass is 247 g/mol. The van der Waals surface area contributed by atoms with E-state index in [1.165, 1.54) is 19.1 Å². The summed E-state index contributed by atoms with van der Waals surface area (Å²) in [5, 5.41) is 3.16. The van der Waals surface area contributed by atoms with Crippen LogP contribution in [0.15, 0.2) is 0 Å². The average Bonchev–Trinajstić information content (AvgIpc) is 2.19. The molecule has 0 aromatic rings. The summed E-state index contributed by atoms with van der Waals surface area (Å²) in [5.41, 5.74) is 0. The van der Waals surface area contributed by atoms with Crippen LogP contribution in [0.3, 0.4) is 0 Å². The van der Waals surface area contributed by atoms with Crippen LogP contribution in [0.4, 0.5) is 0 Å². The lowest BCUT2D eigenvalue weighted by Gasteiger charge is -2.35. The van der Waals surface area contributed by atoms with Crippen LogP contribution in [0.5, 0.6) is 0 Å².